The zero-order valence-corrected chi connectivity index (χ0v) is 19.4. The fraction of sp³-hybridized carbons (Fsp3) is 0.435. The Balaban J connectivity index is 1.86. The van der Waals surface area contributed by atoms with Crippen LogP contribution in [0.1, 0.15) is 32.8 Å². The fourth-order valence-corrected chi connectivity index (χ4v) is 5.42. The Morgan fingerprint density at radius 3 is 2.44 bits per heavy atom. The number of rotatable bonds is 5. The number of carbonyl (C=O) groups is 1. The maximum atomic E-state index is 14.3. The highest BCUT2D eigenvalue weighted by molar-refractivity contribution is 7.89. The zero-order chi connectivity index (χ0) is 23.5. The van der Waals surface area contributed by atoms with Gasteiger partial charge in [0.25, 0.3) is 0 Å². The third-order valence-electron chi connectivity index (χ3n) is 5.31. The molecule has 1 atom stereocenters. The van der Waals surface area contributed by atoms with Crippen LogP contribution in [-0.4, -0.2) is 55.0 Å². The Labute approximate surface area is 189 Å². The van der Waals surface area contributed by atoms with E-state index in [9.17, 15) is 17.6 Å². The van der Waals surface area contributed by atoms with Crippen LogP contribution in [-0.2, 0) is 21.2 Å². The number of anilines is 1. The summed E-state index contributed by atoms with van der Waals surface area (Å²) in [6, 6.07) is 12.1. The maximum Gasteiger partial charge on any atom is 0.410 e. The lowest BCUT2D eigenvalue weighted by atomic mass is 10.0. The Kier molecular flexibility index (Phi) is 7.09. The van der Waals surface area contributed by atoms with Gasteiger partial charge < -0.3 is 15.4 Å². The van der Waals surface area contributed by atoms with Gasteiger partial charge in [0.05, 0.1) is 4.90 Å². The first-order valence-electron chi connectivity index (χ1n) is 10.6. The summed E-state index contributed by atoms with van der Waals surface area (Å²) in [6.45, 7) is 5.81. The standard InChI is InChI=1S/C23H30FN3O4S/c1-23(2,3)31-22(28)26-14-15-27(32(29,30)18-8-5-4-6-9-18)17(16-26)12-13-19-20(24)10-7-11-21(19)25/h4-11,17H,12-16,25H2,1-3H3/t17-/m0/s1. The first-order chi connectivity index (χ1) is 15.0. The lowest BCUT2D eigenvalue weighted by Crippen LogP contribution is -2.57. The van der Waals surface area contributed by atoms with E-state index < -0.39 is 33.6 Å². The molecule has 32 heavy (non-hydrogen) atoms. The number of hydrogen-bond donors (Lipinski definition) is 1. The van der Waals surface area contributed by atoms with Crippen LogP contribution in [0.2, 0.25) is 0 Å². The normalized spacial score (nSPS) is 17.9. The smallest absolute Gasteiger partial charge is 0.410 e. The second-order valence-electron chi connectivity index (χ2n) is 8.86. The van der Waals surface area contributed by atoms with E-state index in [1.807, 2.05) is 0 Å². The molecule has 0 bridgehead atoms. The Bertz CT molecular complexity index is 1030. The van der Waals surface area contributed by atoms with Gasteiger partial charge in [0, 0.05) is 36.9 Å². The van der Waals surface area contributed by atoms with E-state index in [2.05, 4.69) is 0 Å². The monoisotopic (exact) mass is 463 g/mol. The first kappa shape index (κ1) is 24.0. The van der Waals surface area contributed by atoms with Crippen LogP contribution in [0.5, 0.6) is 0 Å². The van der Waals surface area contributed by atoms with Gasteiger partial charge in [0.1, 0.15) is 11.4 Å². The number of benzene rings is 2. The van der Waals surface area contributed by atoms with E-state index in [1.54, 1.807) is 57.2 Å². The third-order valence-corrected chi connectivity index (χ3v) is 7.28. The van der Waals surface area contributed by atoms with Crippen molar-refractivity contribution in [3.63, 3.8) is 0 Å². The van der Waals surface area contributed by atoms with Gasteiger partial charge in [-0.25, -0.2) is 17.6 Å². The molecule has 2 aromatic rings. The van der Waals surface area contributed by atoms with E-state index in [0.29, 0.717) is 17.7 Å². The Morgan fingerprint density at radius 1 is 1.12 bits per heavy atom. The molecule has 1 heterocycles. The van der Waals surface area contributed by atoms with Crippen LogP contribution in [0.3, 0.4) is 0 Å². The summed E-state index contributed by atoms with van der Waals surface area (Å²) < 4.78 is 47.9. The van der Waals surface area contributed by atoms with Crippen molar-refractivity contribution in [3.05, 3.63) is 59.9 Å². The van der Waals surface area contributed by atoms with Crippen molar-refractivity contribution < 1.29 is 22.3 Å². The molecule has 7 nitrogen and oxygen atoms in total. The van der Waals surface area contributed by atoms with Gasteiger partial charge >= 0.3 is 6.09 Å². The molecule has 0 radical (unpaired) electrons. The molecule has 1 saturated heterocycles. The molecule has 0 unspecified atom stereocenters. The van der Waals surface area contributed by atoms with Gasteiger partial charge in [-0.05, 0) is 57.9 Å². The topological polar surface area (TPSA) is 92.9 Å². The number of halogens is 1. The molecule has 174 valence electrons. The minimum atomic E-state index is -3.79. The van der Waals surface area contributed by atoms with Crippen LogP contribution in [0.15, 0.2) is 53.4 Å². The van der Waals surface area contributed by atoms with Crippen molar-refractivity contribution >= 4 is 21.8 Å². The quantitative estimate of drug-likeness (QED) is 0.684. The molecular weight excluding hydrogens is 433 g/mol. The number of sulfonamides is 1. The van der Waals surface area contributed by atoms with E-state index >= 15 is 0 Å². The van der Waals surface area contributed by atoms with Crippen molar-refractivity contribution in [2.24, 2.45) is 0 Å². The Morgan fingerprint density at radius 2 is 1.81 bits per heavy atom. The third kappa shape index (κ3) is 5.58. The second-order valence-corrected chi connectivity index (χ2v) is 10.7. The van der Waals surface area contributed by atoms with Crippen molar-refractivity contribution in [2.75, 3.05) is 25.4 Å². The van der Waals surface area contributed by atoms with Gasteiger partial charge in [0.15, 0.2) is 0 Å². The van der Waals surface area contributed by atoms with Crippen molar-refractivity contribution in [3.8, 4) is 0 Å². The van der Waals surface area contributed by atoms with Crippen LogP contribution in [0.25, 0.3) is 0 Å². The van der Waals surface area contributed by atoms with Crippen molar-refractivity contribution in [1.29, 1.82) is 0 Å². The summed E-state index contributed by atoms with van der Waals surface area (Å²) in [5.41, 5.74) is 5.94. The molecule has 0 aromatic heterocycles. The highest BCUT2D eigenvalue weighted by Crippen LogP contribution is 2.27. The predicted molar refractivity (Wildman–Crippen MR) is 121 cm³/mol. The predicted octanol–water partition coefficient (Wildman–Crippen LogP) is 3.65. The summed E-state index contributed by atoms with van der Waals surface area (Å²) in [7, 11) is -3.79. The maximum absolute atomic E-state index is 14.3. The van der Waals surface area contributed by atoms with E-state index in [-0.39, 0.29) is 31.0 Å². The minimum Gasteiger partial charge on any atom is -0.444 e. The molecule has 1 fully saturated rings. The molecule has 0 saturated carbocycles. The molecule has 0 spiro atoms. The van der Waals surface area contributed by atoms with E-state index in [4.69, 9.17) is 10.5 Å². The number of piperazine rings is 1. The summed E-state index contributed by atoms with van der Waals surface area (Å²) in [6.07, 6.45) is 0.0486. The number of carbonyl (C=O) groups excluding carboxylic acids is 1. The molecule has 9 heteroatoms. The van der Waals surface area contributed by atoms with Crippen LogP contribution >= 0.6 is 0 Å². The fourth-order valence-electron chi connectivity index (χ4n) is 3.76. The number of nitrogen functional groups attached to an aromatic ring is 1. The first-order valence-corrected chi connectivity index (χ1v) is 12.0. The summed E-state index contributed by atoms with van der Waals surface area (Å²) in [4.78, 5) is 14.3. The van der Waals surface area contributed by atoms with E-state index in [1.165, 1.54) is 21.3 Å². The molecule has 3 rings (SSSR count). The average molecular weight is 464 g/mol. The number of nitrogens with zero attached hydrogens (tertiary/aromatic N) is 2. The molecule has 2 N–H and O–H groups in total. The number of amides is 1. The van der Waals surface area contributed by atoms with Gasteiger partial charge in [0.2, 0.25) is 10.0 Å². The van der Waals surface area contributed by atoms with Gasteiger partial charge in [-0.1, -0.05) is 24.3 Å². The van der Waals surface area contributed by atoms with Gasteiger partial charge in [-0.15, -0.1) is 0 Å². The largest absolute Gasteiger partial charge is 0.444 e. The van der Waals surface area contributed by atoms with Gasteiger partial charge in [-0.3, -0.25) is 0 Å². The molecule has 1 aliphatic rings. The Hall–Kier alpha value is -2.65. The molecular formula is C23H30FN3O4S. The highest BCUT2D eigenvalue weighted by Gasteiger charge is 2.38. The van der Waals surface area contributed by atoms with Gasteiger partial charge in [-0.2, -0.15) is 4.31 Å². The van der Waals surface area contributed by atoms with Crippen LogP contribution in [0.4, 0.5) is 14.9 Å². The molecule has 1 aliphatic heterocycles. The van der Waals surface area contributed by atoms with Crippen molar-refractivity contribution in [1.82, 2.24) is 9.21 Å². The second kappa shape index (κ2) is 9.46. The number of nitrogens with two attached hydrogens (primary N) is 1. The number of ether oxygens (including phenoxy) is 1. The minimum absolute atomic E-state index is 0.119. The van der Waals surface area contributed by atoms with Crippen LogP contribution < -0.4 is 5.73 Å². The van der Waals surface area contributed by atoms with Crippen molar-refractivity contribution in [2.45, 2.75) is 50.2 Å². The van der Waals surface area contributed by atoms with E-state index in [0.717, 1.165) is 0 Å². The lowest BCUT2D eigenvalue weighted by molar-refractivity contribution is 0.0127. The summed E-state index contributed by atoms with van der Waals surface area (Å²) in [5.74, 6) is -0.428. The molecule has 1 amide bonds. The summed E-state index contributed by atoms with van der Waals surface area (Å²) in [5, 5.41) is 0. The molecule has 0 aliphatic carbocycles. The SMILES string of the molecule is CC(C)(C)OC(=O)N1CCN(S(=O)(=O)c2ccccc2)[C@@H](CCc2c(N)cccc2F)C1. The highest BCUT2D eigenvalue weighted by atomic mass is 32.2. The zero-order valence-electron chi connectivity index (χ0n) is 18.6. The lowest BCUT2D eigenvalue weighted by Gasteiger charge is -2.41. The van der Waals surface area contributed by atoms with Crippen LogP contribution in [0, 0.1) is 5.82 Å². The molecule has 2 aromatic carbocycles. The summed E-state index contributed by atoms with van der Waals surface area (Å²) >= 11 is 0. The number of hydrogen-bond acceptors (Lipinski definition) is 5. The average Bonchev–Trinajstić information content (AvgIpc) is 2.72.